The van der Waals surface area contributed by atoms with E-state index in [0.29, 0.717) is 0 Å². The summed E-state index contributed by atoms with van der Waals surface area (Å²) in [5.74, 6) is 0. The number of benzene rings is 3. The predicted octanol–water partition coefficient (Wildman–Crippen LogP) is 6.23. The molecule has 0 saturated carbocycles. The minimum absolute atomic E-state index is 0.115. The molecule has 0 aliphatic rings. The molecule has 0 unspecified atom stereocenters. The average molecular weight is 323 g/mol. The summed E-state index contributed by atoms with van der Waals surface area (Å²) in [6.45, 7) is 4.54. The van der Waals surface area contributed by atoms with Crippen LogP contribution in [0.3, 0.4) is 0 Å². The van der Waals surface area contributed by atoms with Crippen molar-refractivity contribution in [2.75, 3.05) is 0 Å². The average Bonchev–Trinajstić information content (AvgIpc) is 2.68. The molecule has 122 valence electrons. The van der Waals surface area contributed by atoms with Gasteiger partial charge in [-0.15, -0.1) is 0 Å². The third-order valence-electron chi connectivity index (χ3n) is 5.00. The summed E-state index contributed by atoms with van der Waals surface area (Å²) in [6.07, 6.45) is 1.88. The van der Waals surface area contributed by atoms with Crippen LogP contribution in [0, 0.1) is 0 Å². The molecule has 1 nitrogen and oxygen atoms in total. The molecule has 4 rings (SSSR count). The highest BCUT2D eigenvalue weighted by Gasteiger charge is 2.26. The van der Waals surface area contributed by atoms with E-state index in [1.54, 1.807) is 0 Å². The summed E-state index contributed by atoms with van der Waals surface area (Å²) < 4.78 is 0. The van der Waals surface area contributed by atoms with Gasteiger partial charge in [-0.25, -0.2) is 0 Å². The fourth-order valence-corrected chi connectivity index (χ4v) is 3.49. The molecule has 0 N–H and O–H groups in total. The second kappa shape index (κ2) is 6.18. The first-order valence-corrected chi connectivity index (χ1v) is 8.66. The number of aromatic nitrogens is 1. The number of rotatable bonds is 3. The van der Waals surface area contributed by atoms with E-state index in [2.05, 4.69) is 92.7 Å². The number of pyridine rings is 1. The lowest BCUT2D eigenvalue weighted by atomic mass is 9.76. The van der Waals surface area contributed by atoms with Crippen LogP contribution in [0.25, 0.3) is 22.0 Å². The first kappa shape index (κ1) is 15.6. The van der Waals surface area contributed by atoms with Gasteiger partial charge < -0.3 is 0 Å². The zero-order valence-electron chi connectivity index (χ0n) is 14.6. The third kappa shape index (κ3) is 2.83. The maximum Gasteiger partial charge on any atom is 0.0742 e. The highest BCUT2D eigenvalue weighted by molar-refractivity contribution is 5.87. The Hall–Kier alpha value is -2.93. The molecule has 4 aromatic rings. The van der Waals surface area contributed by atoms with Gasteiger partial charge in [0.15, 0.2) is 0 Å². The fraction of sp³-hybridized carbons (Fsp3) is 0.125. The molecule has 0 spiro atoms. The summed E-state index contributed by atoms with van der Waals surface area (Å²) in [7, 11) is 0. The standard InChI is InChI=1S/C24H21N/c1-24(2,21-11-4-3-5-12-21)22-13-8-16-25-23(22)20-15-14-18-9-6-7-10-19(18)17-20/h3-17H,1-2H3. The van der Waals surface area contributed by atoms with E-state index in [4.69, 9.17) is 4.98 Å². The highest BCUT2D eigenvalue weighted by Crippen LogP contribution is 2.37. The summed E-state index contributed by atoms with van der Waals surface area (Å²) in [5, 5.41) is 2.50. The minimum atomic E-state index is -0.115. The molecule has 0 radical (unpaired) electrons. The van der Waals surface area contributed by atoms with Gasteiger partial charge in [-0.05, 0) is 34.0 Å². The number of hydrogen-bond donors (Lipinski definition) is 0. The molecule has 1 heteroatoms. The van der Waals surface area contributed by atoms with Gasteiger partial charge in [-0.3, -0.25) is 4.98 Å². The summed E-state index contributed by atoms with van der Waals surface area (Å²) in [6, 6.07) is 29.9. The van der Waals surface area contributed by atoms with E-state index in [9.17, 15) is 0 Å². The Morgan fingerprint density at radius 1 is 0.680 bits per heavy atom. The van der Waals surface area contributed by atoms with Crippen molar-refractivity contribution in [1.29, 1.82) is 0 Å². The maximum atomic E-state index is 4.75. The Labute approximate surface area is 149 Å². The van der Waals surface area contributed by atoms with Crippen LogP contribution in [0.15, 0.2) is 91.1 Å². The van der Waals surface area contributed by atoms with Crippen molar-refractivity contribution >= 4 is 10.8 Å². The van der Waals surface area contributed by atoms with Crippen LogP contribution in [-0.4, -0.2) is 4.98 Å². The first-order valence-electron chi connectivity index (χ1n) is 8.66. The Kier molecular flexibility index (Phi) is 3.85. The predicted molar refractivity (Wildman–Crippen MR) is 106 cm³/mol. The molecule has 0 amide bonds. The van der Waals surface area contributed by atoms with Crippen LogP contribution >= 0.6 is 0 Å². The minimum Gasteiger partial charge on any atom is -0.256 e. The van der Waals surface area contributed by atoms with Gasteiger partial charge in [0.25, 0.3) is 0 Å². The van der Waals surface area contributed by atoms with Crippen molar-refractivity contribution < 1.29 is 0 Å². The van der Waals surface area contributed by atoms with Crippen molar-refractivity contribution in [3.8, 4) is 11.3 Å². The highest BCUT2D eigenvalue weighted by atomic mass is 14.7. The largest absolute Gasteiger partial charge is 0.256 e. The Morgan fingerprint density at radius 3 is 2.20 bits per heavy atom. The Bertz CT molecular complexity index is 1020. The monoisotopic (exact) mass is 323 g/mol. The van der Waals surface area contributed by atoms with Crippen molar-refractivity contribution in [3.63, 3.8) is 0 Å². The van der Waals surface area contributed by atoms with Crippen LogP contribution < -0.4 is 0 Å². The van der Waals surface area contributed by atoms with Gasteiger partial charge in [-0.2, -0.15) is 0 Å². The van der Waals surface area contributed by atoms with Gasteiger partial charge >= 0.3 is 0 Å². The quantitative estimate of drug-likeness (QED) is 0.435. The second-order valence-corrected chi connectivity index (χ2v) is 6.95. The van der Waals surface area contributed by atoms with E-state index in [1.807, 2.05) is 12.3 Å². The topological polar surface area (TPSA) is 12.9 Å². The number of fused-ring (bicyclic) bond motifs is 1. The molecule has 0 aliphatic heterocycles. The zero-order chi connectivity index (χ0) is 17.3. The zero-order valence-corrected chi connectivity index (χ0v) is 14.6. The fourth-order valence-electron chi connectivity index (χ4n) is 3.49. The maximum absolute atomic E-state index is 4.75. The van der Waals surface area contributed by atoms with Crippen molar-refractivity contribution in [3.05, 3.63) is 102 Å². The van der Waals surface area contributed by atoms with E-state index in [-0.39, 0.29) is 5.41 Å². The van der Waals surface area contributed by atoms with Gasteiger partial charge in [0.05, 0.1) is 5.69 Å². The van der Waals surface area contributed by atoms with Crippen molar-refractivity contribution in [2.45, 2.75) is 19.3 Å². The third-order valence-corrected chi connectivity index (χ3v) is 5.00. The summed E-state index contributed by atoms with van der Waals surface area (Å²) in [4.78, 5) is 4.75. The molecular formula is C24H21N. The van der Waals surface area contributed by atoms with Gasteiger partial charge in [0.2, 0.25) is 0 Å². The number of nitrogens with zero attached hydrogens (tertiary/aromatic N) is 1. The lowest BCUT2D eigenvalue weighted by Crippen LogP contribution is -2.20. The van der Waals surface area contributed by atoms with Crippen LogP contribution in [0.2, 0.25) is 0 Å². The summed E-state index contributed by atoms with van der Waals surface area (Å²) in [5.41, 5.74) is 4.65. The second-order valence-electron chi connectivity index (χ2n) is 6.95. The van der Waals surface area contributed by atoms with E-state index >= 15 is 0 Å². The van der Waals surface area contributed by atoms with Gasteiger partial charge in [0.1, 0.15) is 0 Å². The van der Waals surface area contributed by atoms with Crippen LogP contribution in [0.4, 0.5) is 0 Å². The molecule has 0 atom stereocenters. The van der Waals surface area contributed by atoms with Gasteiger partial charge in [0, 0.05) is 17.2 Å². The van der Waals surface area contributed by atoms with Gasteiger partial charge in [-0.1, -0.05) is 86.6 Å². The van der Waals surface area contributed by atoms with Crippen molar-refractivity contribution in [2.24, 2.45) is 0 Å². The normalized spacial score (nSPS) is 11.6. The number of hydrogen-bond acceptors (Lipinski definition) is 1. The van der Waals surface area contributed by atoms with E-state index < -0.39 is 0 Å². The lowest BCUT2D eigenvalue weighted by Gasteiger charge is -2.28. The molecule has 1 heterocycles. The SMILES string of the molecule is CC(C)(c1ccccc1)c1cccnc1-c1ccc2ccccc2c1. The van der Waals surface area contributed by atoms with E-state index in [1.165, 1.54) is 27.5 Å². The Morgan fingerprint density at radius 2 is 1.40 bits per heavy atom. The molecule has 0 saturated heterocycles. The molecule has 0 bridgehead atoms. The molecule has 25 heavy (non-hydrogen) atoms. The Balaban J connectivity index is 1.89. The smallest absolute Gasteiger partial charge is 0.0742 e. The van der Waals surface area contributed by atoms with E-state index in [0.717, 1.165) is 5.69 Å². The van der Waals surface area contributed by atoms with Crippen LogP contribution in [0.5, 0.6) is 0 Å². The van der Waals surface area contributed by atoms with Crippen molar-refractivity contribution in [1.82, 2.24) is 4.98 Å². The molecular weight excluding hydrogens is 302 g/mol. The summed E-state index contributed by atoms with van der Waals surface area (Å²) >= 11 is 0. The van der Waals surface area contributed by atoms with Crippen LogP contribution in [-0.2, 0) is 5.41 Å². The molecule has 0 fully saturated rings. The first-order chi connectivity index (χ1) is 12.2. The molecule has 3 aromatic carbocycles. The van der Waals surface area contributed by atoms with Crippen LogP contribution in [0.1, 0.15) is 25.0 Å². The molecule has 1 aromatic heterocycles. The molecule has 0 aliphatic carbocycles. The lowest BCUT2D eigenvalue weighted by molar-refractivity contribution is 0.640.